The minimum absolute atomic E-state index is 0.0806. The number of amides is 1. The number of nitrogens with one attached hydrogen (secondary N) is 1. The number of rotatable bonds is 6. The van der Waals surface area contributed by atoms with Crippen molar-refractivity contribution in [3.05, 3.63) is 42.0 Å². The molecule has 1 amide bonds. The Balaban J connectivity index is 1.93. The molecule has 2 atom stereocenters. The lowest BCUT2D eigenvalue weighted by atomic mass is 9.94. The van der Waals surface area contributed by atoms with Crippen molar-refractivity contribution in [1.29, 1.82) is 0 Å². The molecule has 2 rings (SSSR count). The number of ether oxygens (including phenoxy) is 1. The molecule has 25 heavy (non-hydrogen) atoms. The summed E-state index contributed by atoms with van der Waals surface area (Å²) in [6.07, 6.45) is 5.51. The normalized spacial score (nSPS) is 17.8. The van der Waals surface area contributed by atoms with Crippen LogP contribution in [-0.2, 0) is 14.3 Å². The fourth-order valence-corrected chi connectivity index (χ4v) is 2.57. The summed E-state index contributed by atoms with van der Waals surface area (Å²) in [7, 11) is 0. The van der Waals surface area contributed by atoms with Crippen molar-refractivity contribution in [3.63, 3.8) is 0 Å². The third-order valence-electron chi connectivity index (χ3n) is 4.23. The first kappa shape index (κ1) is 18.9. The molecule has 0 saturated heterocycles. The highest BCUT2D eigenvalue weighted by Crippen LogP contribution is 2.21. The van der Waals surface area contributed by atoms with E-state index in [1.54, 1.807) is 31.2 Å². The van der Waals surface area contributed by atoms with Gasteiger partial charge in [0, 0.05) is 17.2 Å². The number of benzene rings is 1. The van der Waals surface area contributed by atoms with Gasteiger partial charge < -0.3 is 10.1 Å². The standard InChI is InChI=1S/C20H25NO4/c1-13(2)19(23)21-17-11-9-15(10-12-17)18(22)14(3)25-20(24)16-7-5-4-6-8-16/h4-5,9-14,16H,6-8H2,1-3H3,(H,21,23)/t14-,16-/m0/s1. The lowest BCUT2D eigenvalue weighted by Gasteiger charge is -2.19. The van der Waals surface area contributed by atoms with Gasteiger partial charge in [-0.2, -0.15) is 0 Å². The van der Waals surface area contributed by atoms with Crippen LogP contribution in [0.15, 0.2) is 36.4 Å². The molecule has 0 aliphatic heterocycles. The van der Waals surface area contributed by atoms with Crippen LogP contribution in [0.1, 0.15) is 50.4 Å². The van der Waals surface area contributed by atoms with Gasteiger partial charge in [0.1, 0.15) is 0 Å². The van der Waals surface area contributed by atoms with E-state index in [1.165, 1.54) is 0 Å². The molecule has 1 aromatic rings. The molecule has 134 valence electrons. The van der Waals surface area contributed by atoms with Crippen LogP contribution in [0.3, 0.4) is 0 Å². The Labute approximate surface area is 148 Å². The Morgan fingerprint density at radius 2 is 1.76 bits per heavy atom. The van der Waals surface area contributed by atoms with E-state index < -0.39 is 6.10 Å². The van der Waals surface area contributed by atoms with Crippen molar-refractivity contribution >= 4 is 23.3 Å². The maximum absolute atomic E-state index is 12.4. The van der Waals surface area contributed by atoms with Gasteiger partial charge in [0.15, 0.2) is 6.10 Å². The first-order chi connectivity index (χ1) is 11.9. The van der Waals surface area contributed by atoms with Crippen molar-refractivity contribution in [2.75, 3.05) is 5.32 Å². The van der Waals surface area contributed by atoms with E-state index in [-0.39, 0.29) is 29.5 Å². The molecule has 5 nitrogen and oxygen atoms in total. The van der Waals surface area contributed by atoms with Crippen molar-refractivity contribution in [2.24, 2.45) is 11.8 Å². The summed E-state index contributed by atoms with van der Waals surface area (Å²) in [5, 5.41) is 2.77. The second-order valence-electron chi connectivity index (χ2n) is 6.65. The first-order valence-electron chi connectivity index (χ1n) is 8.69. The largest absolute Gasteiger partial charge is 0.454 e. The second-order valence-corrected chi connectivity index (χ2v) is 6.65. The third kappa shape index (κ3) is 5.28. The molecule has 0 bridgehead atoms. The molecular weight excluding hydrogens is 318 g/mol. The maximum atomic E-state index is 12.4. The number of carbonyl (C=O) groups is 3. The molecule has 0 fully saturated rings. The number of hydrogen-bond acceptors (Lipinski definition) is 4. The highest BCUT2D eigenvalue weighted by atomic mass is 16.5. The zero-order valence-electron chi connectivity index (χ0n) is 15.0. The van der Waals surface area contributed by atoms with Crippen molar-refractivity contribution in [3.8, 4) is 0 Å². The number of hydrogen-bond donors (Lipinski definition) is 1. The van der Waals surface area contributed by atoms with Gasteiger partial charge in [-0.05, 0) is 50.5 Å². The van der Waals surface area contributed by atoms with E-state index >= 15 is 0 Å². The van der Waals surface area contributed by atoms with E-state index in [0.717, 1.165) is 12.8 Å². The minimum Gasteiger partial charge on any atom is -0.454 e. The van der Waals surface area contributed by atoms with Crippen LogP contribution in [0.2, 0.25) is 0 Å². The Hall–Kier alpha value is -2.43. The predicted octanol–water partition coefficient (Wildman–Crippen LogP) is 3.75. The number of anilines is 1. The third-order valence-corrected chi connectivity index (χ3v) is 4.23. The molecule has 0 aromatic heterocycles. The number of Topliss-reactive ketones (excluding diaryl/α,β-unsaturated/α-hetero) is 1. The topological polar surface area (TPSA) is 72.5 Å². The lowest BCUT2D eigenvalue weighted by molar-refractivity contribution is -0.151. The number of carbonyl (C=O) groups excluding carboxylic acids is 3. The van der Waals surface area contributed by atoms with Gasteiger partial charge >= 0.3 is 5.97 Å². The van der Waals surface area contributed by atoms with E-state index in [1.807, 2.05) is 19.9 Å². The summed E-state index contributed by atoms with van der Waals surface area (Å²) in [5.41, 5.74) is 1.08. The Kier molecular flexibility index (Phi) is 6.51. The zero-order valence-corrected chi connectivity index (χ0v) is 15.0. The van der Waals surface area contributed by atoms with Gasteiger partial charge in [0.05, 0.1) is 5.92 Å². The summed E-state index contributed by atoms with van der Waals surface area (Å²) in [4.78, 5) is 36.2. The minimum atomic E-state index is -0.825. The maximum Gasteiger partial charge on any atom is 0.309 e. The van der Waals surface area contributed by atoms with Gasteiger partial charge in [0.2, 0.25) is 11.7 Å². The molecular formula is C20H25NO4. The molecule has 1 N–H and O–H groups in total. The van der Waals surface area contributed by atoms with E-state index in [2.05, 4.69) is 11.4 Å². The van der Waals surface area contributed by atoms with Crippen molar-refractivity contribution in [2.45, 2.75) is 46.1 Å². The highest BCUT2D eigenvalue weighted by Gasteiger charge is 2.25. The van der Waals surface area contributed by atoms with Crippen LogP contribution in [0.25, 0.3) is 0 Å². The summed E-state index contributed by atoms with van der Waals surface area (Å²) < 4.78 is 5.34. The predicted molar refractivity (Wildman–Crippen MR) is 96.3 cm³/mol. The fourth-order valence-electron chi connectivity index (χ4n) is 2.57. The second kappa shape index (κ2) is 8.60. The van der Waals surface area contributed by atoms with Crippen LogP contribution >= 0.6 is 0 Å². The van der Waals surface area contributed by atoms with Gasteiger partial charge in [-0.25, -0.2) is 0 Å². The van der Waals surface area contributed by atoms with Crippen LogP contribution in [0.4, 0.5) is 5.69 Å². The summed E-state index contributed by atoms with van der Waals surface area (Å²) in [6.45, 7) is 5.21. The Morgan fingerprint density at radius 3 is 2.32 bits per heavy atom. The van der Waals surface area contributed by atoms with E-state index in [9.17, 15) is 14.4 Å². The summed E-state index contributed by atoms with van der Waals surface area (Å²) in [5.74, 6) is -0.917. The van der Waals surface area contributed by atoms with E-state index in [0.29, 0.717) is 17.7 Å². The molecule has 1 aliphatic carbocycles. The molecule has 5 heteroatoms. The molecule has 0 radical (unpaired) electrons. The average molecular weight is 343 g/mol. The van der Waals surface area contributed by atoms with Crippen LogP contribution in [-0.4, -0.2) is 23.8 Å². The van der Waals surface area contributed by atoms with Crippen LogP contribution < -0.4 is 5.32 Å². The average Bonchev–Trinajstić information content (AvgIpc) is 2.62. The van der Waals surface area contributed by atoms with Crippen LogP contribution in [0, 0.1) is 11.8 Å². The molecule has 0 unspecified atom stereocenters. The smallest absolute Gasteiger partial charge is 0.309 e. The molecule has 1 aromatic carbocycles. The molecule has 0 saturated carbocycles. The molecule has 0 spiro atoms. The Morgan fingerprint density at radius 1 is 1.08 bits per heavy atom. The number of ketones is 1. The summed E-state index contributed by atoms with van der Waals surface area (Å²) in [6, 6.07) is 6.61. The van der Waals surface area contributed by atoms with Crippen LogP contribution in [0.5, 0.6) is 0 Å². The zero-order chi connectivity index (χ0) is 18.4. The van der Waals surface area contributed by atoms with Crippen molar-refractivity contribution < 1.29 is 19.1 Å². The Bertz CT molecular complexity index is 661. The highest BCUT2D eigenvalue weighted by molar-refractivity contribution is 6.01. The van der Waals surface area contributed by atoms with Gasteiger partial charge in [-0.3, -0.25) is 14.4 Å². The lowest BCUT2D eigenvalue weighted by Crippen LogP contribution is -2.28. The van der Waals surface area contributed by atoms with Crippen molar-refractivity contribution in [1.82, 2.24) is 0 Å². The molecule has 0 heterocycles. The number of esters is 1. The monoisotopic (exact) mass is 343 g/mol. The van der Waals surface area contributed by atoms with Gasteiger partial charge in [-0.15, -0.1) is 0 Å². The molecule has 1 aliphatic rings. The fraction of sp³-hybridized carbons (Fsp3) is 0.450. The van der Waals surface area contributed by atoms with E-state index in [4.69, 9.17) is 4.74 Å². The first-order valence-corrected chi connectivity index (χ1v) is 8.69. The van der Waals surface area contributed by atoms with Gasteiger partial charge in [-0.1, -0.05) is 26.0 Å². The SMILES string of the molecule is CC(C)C(=O)Nc1ccc(C(=O)[C@H](C)OC(=O)[C@H]2CC=CCC2)cc1. The van der Waals surface area contributed by atoms with Gasteiger partial charge in [0.25, 0.3) is 0 Å². The quantitative estimate of drug-likeness (QED) is 0.485. The number of allylic oxidation sites excluding steroid dienone is 2. The summed E-state index contributed by atoms with van der Waals surface area (Å²) >= 11 is 0.